The molecular weight excluding hydrogens is 629 g/mol. The van der Waals surface area contributed by atoms with E-state index in [0.29, 0.717) is 0 Å². The molecule has 19 nitrogen and oxygen atoms in total. The highest BCUT2D eigenvalue weighted by Crippen LogP contribution is 2.63. The lowest BCUT2D eigenvalue weighted by atomic mass is 10.1. The number of rotatable bonds is 7. The summed E-state index contributed by atoms with van der Waals surface area (Å²) in [5, 5.41) is 33.7. The summed E-state index contributed by atoms with van der Waals surface area (Å²) in [7, 11) is 0. The Bertz CT molecular complexity index is 1830. The zero-order valence-electron chi connectivity index (χ0n) is 20.6. The van der Waals surface area contributed by atoms with Gasteiger partial charge in [0.25, 0.3) is 5.56 Å². The number of aromatic amines is 1. The average Bonchev–Trinajstić information content (AvgIpc) is 3.45. The summed E-state index contributed by atoms with van der Waals surface area (Å²) >= 11 is 5.95. The first kappa shape index (κ1) is 27.8. The molecule has 3 fully saturated rings. The first-order chi connectivity index (χ1) is 19.9. The van der Waals surface area contributed by atoms with Gasteiger partial charge >= 0.3 is 6.72 Å². The number of halogens is 2. The second-order valence-electron chi connectivity index (χ2n) is 9.62. The number of aliphatic hydroxyl groups is 2. The van der Waals surface area contributed by atoms with Crippen molar-refractivity contribution in [2.45, 2.75) is 53.1 Å². The molecule has 3 aliphatic rings. The number of fused-ring (bicyclic) bond motifs is 3. The maximum atomic E-state index is 15.5. The Morgan fingerprint density at radius 1 is 1.19 bits per heavy atom. The van der Waals surface area contributed by atoms with Crippen LogP contribution in [0.1, 0.15) is 11.6 Å². The van der Waals surface area contributed by atoms with Gasteiger partial charge in [-0.3, -0.25) is 18.8 Å². The minimum Gasteiger partial charge on any atom is -0.395 e. The highest BCUT2D eigenvalue weighted by molar-refractivity contribution is 8.07. The number of H-pyrrole nitrogens is 1. The van der Waals surface area contributed by atoms with E-state index in [-0.39, 0.29) is 34.1 Å². The molecule has 24 heteroatoms. The predicted octanol–water partition coefficient (Wildman–Crippen LogP) is -2.17. The number of hydrogen-bond donors (Lipinski definition) is 6. The van der Waals surface area contributed by atoms with Gasteiger partial charge in [-0.15, -0.1) is 22.0 Å². The molecular formula is C18H19F2N12O7PS2. The van der Waals surface area contributed by atoms with Crippen LogP contribution in [0.2, 0.25) is 0 Å². The molecule has 0 bridgehead atoms. The second kappa shape index (κ2) is 9.49. The monoisotopic (exact) mass is 648 g/mol. The van der Waals surface area contributed by atoms with Crippen LogP contribution in [0.25, 0.3) is 22.3 Å². The van der Waals surface area contributed by atoms with Crippen LogP contribution in [0, 0.1) is 0 Å². The van der Waals surface area contributed by atoms with Gasteiger partial charge in [-0.2, -0.15) is 9.67 Å². The summed E-state index contributed by atoms with van der Waals surface area (Å²) in [6, 6.07) is 0. The number of alkyl halides is 2. The van der Waals surface area contributed by atoms with Crippen LogP contribution in [-0.4, -0.2) is 113 Å². The maximum Gasteiger partial charge on any atom is 0.325 e. The van der Waals surface area contributed by atoms with Crippen LogP contribution in [-0.2, 0) is 25.6 Å². The molecule has 2 aliphatic heterocycles. The first-order valence-corrected chi connectivity index (χ1v) is 15.5. The third-order valence-corrected chi connectivity index (χ3v) is 10.2. The molecule has 1 saturated carbocycles. The van der Waals surface area contributed by atoms with Crippen LogP contribution in [0.4, 0.5) is 20.5 Å². The Labute approximate surface area is 239 Å². The van der Waals surface area contributed by atoms with Crippen molar-refractivity contribution in [2.75, 3.05) is 18.1 Å². The third-order valence-electron chi connectivity index (χ3n) is 7.13. The van der Waals surface area contributed by atoms with E-state index in [1.165, 1.54) is 0 Å². The topological polar surface area (TPSA) is 273 Å². The van der Waals surface area contributed by atoms with Crippen molar-refractivity contribution in [2.24, 2.45) is 0 Å². The van der Waals surface area contributed by atoms with E-state index in [9.17, 15) is 19.9 Å². The van der Waals surface area contributed by atoms with E-state index in [4.69, 9.17) is 37.1 Å². The molecule has 224 valence electrons. The number of ether oxygens (including phenoxy) is 1. The van der Waals surface area contributed by atoms with E-state index >= 15 is 8.78 Å². The Kier molecular flexibility index (Phi) is 6.28. The standard InChI is InChI=1S/C18H19F2N12O7PS2/c19-4-3(1-33)42-16(32-13-6(28-30-32)14(34)26-17(22)25-13)7(4)38-40(36,41)39-10-9-18(10,35)8(20)15(37-9)31-12-5(27-29-31)11(21)23-2-24-12/h2-4,7-10,15-16,33,35H,1H2,(H,36,41)(H2,21,23,24)(H3,22,25,26,34)/t3-,4-,7?,8-,9-,10?,15-,16-,18+,40?/m1/s1. The Balaban J connectivity index is 1.11. The number of hydrogen-bond acceptors (Lipinski definition) is 17. The molecule has 6 heterocycles. The van der Waals surface area contributed by atoms with Crippen molar-refractivity contribution in [1.82, 2.24) is 49.9 Å². The normalized spacial score (nSPS) is 35.5. The molecule has 4 aromatic heterocycles. The Morgan fingerprint density at radius 2 is 1.93 bits per heavy atom. The molecule has 42 heavy (non-hydrogen) atoms. The highest BCUT2D eigenvalue weighted by Gasteiger charge is 2.80. The number of nitrogens with one attached hydrogen (secondary N) is 1. The van der Waals surface area contributed by atoms with Gasteiger partial charge in [-0.1, -0.05) is 10.4 Å². The lowest BCUT2D eigenvalue weighted by molar-refractivity contribution is -0.0664. The number of aromatic nitrogens is 10. The minimum atomic E-state index is -4.43. The van der Waals surface area contributed by atoms with Crippen LogP contribution >= 0.6 is 18.5 Å². The van der Waals surface area contributed by atoms with Gasteiger partial charge in [-0.05, 0) is 11.8 Å². The molecule has 0 amide bonds. The van der Waals surface area contributed by atoms with E-state index in [0.717, 1.165) is 27.5 Å². The van der Waals surface area contributed by atoms with Crippen LogP contribution in [0.3, 0.4) is 0 Å². The van der Waals surface area contributed by atoms with Gasteiger partial charge in [0.15, 0.2) is 46.1 Å². The quantitative estimate of drug-likeness (QED) is 0.116. The minimum absolute atomic E-state index is 0.00535. The van der Waals surface area contributed by atoms with E-state index < -0.39 is 72.0 Å². The summed E-state index contributed by atoms with van der Waals surface area (Å²) in [4.78, 5) is 37.1. The summed E-state index contributed by atoms with van der Waals surface area (Å²) < 4.78 is 49.5. The Morgan fingerprint density at radius 3 is 2.64 bits per heavy atom. The zero-order chi connectivity index (χ0) is 29.7. The number of nitrogen functional groups attached to an aromatic ring is 2. The first-order valence-electron chi connectivity index (χ1n) is 12.0. The van der Waals surface area contributed by atoms with Crippen molar-refractivity contribution in [1.29, 1.82) is 0 Å². The number of thioether (sulfide) groups is 1. The lowest BCUT2D eigenvalue weighted by Gasteiger charge is -2.27. The SMILES string of the molecule is Nc1nc2c(nnn2[C@@H]2S[C@H](CO)[C@@H](F)C2OP(O)(=S)OC2[C@H]3O[C@@H](n4nnc5c(N)ncnc54)[C@@H](F)[C@@]23O)c(=O)[nH]1. The average molecular weight is 649 g/mol. The number of nitrogens with zero attached hydrogens (tertiary/aromatic N) is 9. The lowest BCUT2D eigenvalue weighted by Crippen LogP contribution is -2.35. The predicted molar refractivity (Wildman–Crippen MR) is 140 cm³/mol. The van der Waals surface area contributed by atoms with E-state index in [1.807, 2.05) is 0 Å². The summed E-state index contributed by atoms with van der Waals surface area (Å²) in [6.07, 6.45) is -8.83. The fourth-order valence-corrected chi connectivity index (χ4v) is 8.23. The molecule has 4 aromatic rings. The van der Waals surface area contributed by atoms with Crippen LogP contribution < -0.4 is 17.0 Å². The number of anilines is 2. The smallest absolute Gasteiger partial charge is 0.325 e. The summed E-state index contributed by atoms with van der Waals surface area (Å²) in [5.74, 6) is -0.254. The van der Waals surface area contributed by atoms with Gasteiger partial charge in [0.1, 0.15) is 36.2 Å². The highest BCUT2D eigenvalue weighted by atomic mass is 32.5. The van der Waals surface area contributed by atoms with Gasteiger partial charge in [0.05, 0.1) is 11.9 Å². The maximum absolute atomic E-state index is 15.5. The second-order valence-corrected chi connectivity index (χ2v) is 13.7. The van der Waals surface area contributed by atoms with Crippen LogP contribution in [0.5, 0.6) is 0 Å². The van der Waals surface area contributed by atoms with Crippen molar-refractivity contribution < 1.29 is 37.7 Å². The third kappa shape index (κ3) is 4.03. The fourth-order valence-electron chi connectivity index (χ4n) is 5.05. The zero-order valence-corrected chi connectivity index (χ0v) is 23.1. The Hall–Kier alpha value is -3.02. The molecule has 7 rings (SSSR count). The molecule has 10 atom stereocenters. The summed E-state index contributed by atoms with van der Waals surface area (Å²) in [6.45, 7) is -5.06. The van der Waals surface area contributed by atoms with Crippen LogP contribution in [0.15, 0.2) is 11.1 Å². The molecule has 3 unspecified atom stereocenters. The molecule has 8 N–H and O–H groups in total. The van der Waals surface area contributed by atoms with Crippen molar-refractivity contribution in [3.05, 3.63) is 16.7 Å². The van der Waals surface area contributed by atoms with E-state index in [1.54, 1.807) is 0 Å². The number of aliphatic hydroxyl groups excluding tert-OH is 1. The van der Waals surface area contributed by atoms with Gasteiger partial charge < -0.3 is 31.3 Å². The molecule has 0 spiro atoms. The van der Waals surface area contributed by atoms with Crippen molar-refractivity contribution >= 4 is 64.4 Å². The summed E-state index contributed by atoms with van der Waals surface area (Å²) in [5.41, 5.74) is 8.24. The molecule has 0 aromatic carbocycles. The molecule has 1 aliphatic carbocycles. The van der Waals surface area contributed by atoms with Gasteiger partial charge in [0, 0.05) is 0 Å². The largest absolute Gasteiger partial charge is 0.395 e. The van der Waals surface area contributed by atoms with Crippen molar-refractivity contribution in [3.8, 4) is 0 Å². The van der Waals surface area contributed by atoms with E-state index in [2.05, 4.69) is 40.6 Å². The molecule has 0 radical (unpaired) electrons. The number of nitrogens with two attached hydrogens (primary N) is 2. The van der Waals surface area contributed by atoms with Gasteiger partial charge in [-0.25, -0.2) is 23.4 Å². The molecule has 2 saturated heterocycles. The van der Waals surface area contributed by atoms with Gasteiger partial charge in [0.2, 0.25) is 5.95 Å². The fraction of sp³-hybridized carbons (Fsp3) is 0.556. The van der Waals surface area contributed by atoms with Crippen molar-refractivity contribution in [3.63, 3.8) is 0 Å².